The molecule has 3 aromatic rings. The zero-order valence-electron chi connectivity index (χ0n) is 12.3. The molecule has 0 saturated carbocycles. The molecule has 4 rings (SSSR count). The Balaban J connectivity index is 1.79. The molecule has 0 N–H and O–H groups in total. The number of rotatable bonds is 2. The average molecular weight is 324 g/mol. The number of thiazole rings is 1. The lowest BCUT2D eigenvalue weighted by atomic mass is 10.1. The molecular formula is C18H13FN2OS. The van der Waals surface area contributed by atoms with Crippen molar-refractivity contribution in [3.05, 3.63) is 67.8 Å². The van der Waals surface area contributed by atoms with E-state index in [0.717, 1.165) is 25.0 Å². The second kappa shape index (κ2) is 5.32. The molecule has 0 bridgehead atoms. The van der Waals surface area contributed by atoms with E-state index in [2.05, 4.69) is 10.9 Å². The predicted molar refractivity (Wildman–Crippen MR) is 88.5 cm³/mol. The summed E-state index contributed by atoms with van der Waals surface area (Å²) in [4.78, 5) is 18.9. The number of terminal acetylenes is 1. The molecule has 3 nitrogen and oxygen atoms in total. The third-order valence-corrected chi connectivity index (χ3v) is 5.31. The fourth-order valence-electron chi connectivity index (χ4n) is 3.09. The highest BCUT2D eigenvalue weighted by Crippen LogP contribution is 2.29. The van der Waals surface area contributed by atoms with Crippen LogP contribution in [0.25, 0.3) is 4.96 Å². The first kappa shape index (κ1) is 14.2. The van der Waals surface area contributed by atoms with Crippen molar-refractivity contribution in [1.29, 1.82) is 0 Å². The van der Waals surface area contributed by atoms with Gasteiger partial charge in [0.25, 0.3) is 5.56 Å². The number of nitrogens with zero attached hydrogens (tertiary/aromatic N) is 2. The molecule has 0 radical (unpaired) electrons. The van der Waals surface area contributed by atoms with Crippen LogP contribution in [0, 0.1) is 18.2 Å². The van der Waals surface area contributed by atoms with E-state index in [1.807, 2.05) is 0 Å². The van der Waals surface area contributed by atoms with Crippen LogP contribution in [-0.2, 0) is 19.3 Å². The molecule has 5 heteroatoms. The lowest BCUT2D eigenvalue weighted by molar-refractivity contribution is 0.610. The number of aromatic nitrogens is 2. The van der Waals surface area contributed by atoms with Gasteiger partial charge >= 0.3 is 0 Å². The number of hydrogen-bond acceptors (Lipinski definition) is 3. The smallest absolute Gasteiger partial charge is 0.258 e. The number of aryl methyl sites for hydroxylation is 2. The number of benzene rings is 1. The fraction of sp³-hybridized carbons (Fsp3) is 0.222. The molecule has 0 fully saturated rings. The summed E-state index contributed by atoms with van der Waals surface area (Å²) in [6, 6.07) is 6.46. The first-order valence-corrected chi connectivity index (χ1v) is 8.26. The van der Waals surface area contributed by atoms with Crippen molar-refractivity contribution in [1.82, 2.24) is 9.38 Å². The average Bonchev–Trinajstić information content (AvgIpc) is 3.09. The van der Waals surface area contributed by atoms with Gasteiger partial charge in [-0.1, -0.05) is 18.1 Å². The van der Waals surface area contributed by atoms with Gasteiger partial charge in [0, 0.05) is 23.1 Å². The van der Waals surface area contributed by atoms with Crippen LogP contribution in [0.2, 0.25) is 0 Å². The van der Waals surface area contributed by atoms with E-state index < -0.39 is 5.82 Å². The molecule has 2 aromatic heterocycles. The van der Waals surface area contributed by atoms with Crippen LogP contribution in [-0.4, -0.2) is 9.38 Å². The molecule has 0 aliphatic heterocycles. The standard InChI is InChI=1S/C18H13FN2OS/c1-2-11-5-3-6-12(17(11)19)9-13-10-16(22)21-14-7-4-8-15(14)23-18(21)20-13/h1,3,5-6,10H,4,7-9H2. The summed E-state index contributed by atoms with van der Waals surface area (Å²) >= 11 is 1.56. The third-order valence-electron chi connectivity index (χ3n) is 4.17. The number of hydrogen-bond donors (Lipinski definition) is 0. The molecule has 1 aromatic carbocycles. The number of fused-ring (bicyclic) bond motifs is 3. The summed E-state index contributed by atoms with van der Waals surface area (Å²) in [5.41, 5.74) is 2.27. The fourth-order valence-corrected chi connectivity index (χ4v) is 4.33. The van der Waals surface area contributed by atoms with Crippen LogP contribution >= 0.6 is 11.3 Å². The maximum atomic E-state index is 14.3. The Labute approximate surface area is 136 Å². The third kappa shape index (κ3) is 2.27. The lowest BCUT2D eigenvalue weighted by Gasteiger charge is -2.05. The molecular weight excluding hydrogens is 311 g/mol. The molecule has 0 saturated heterocycles. The largest absolute Gasteiger partial charge is 0.269 e. The maximum absolute atomic E-state index is 14.3. The van der Waals surface area contributed by atoms with E-state index in [1.165, 1.54) is 10.9 Å². The van der Waals surface area contributed by atoms with Crippen molar-refractivity contribution in [2.75, 3.05) is 0 Å². The van der Waals surface area contributed by atoms with E-state index in [4.69, 9.17) is 6.42 Å². The lowest BCUT2D eigenvalue weighted by Crippen LogP contribution is -2.16. The van der Waals surface area contributed by atoms with Crippen LogP contribution in [0.4, 0.5) is 4.39 Å². The van der Waals surface area contributed by atoms with Gasteiger partial charge in [-0.05, 0) is 30.9 Å². The molecule has 1 aliphatic carbocycles. The van der Waals surface area contributed by atoms with Crippen LogP contribution in [0.5, 0.6) is 0 Å². The van der Waals surface area contributed by atoms with Gasteiger partial charge < -0.3 is 0 Å². The van der Waals surface area contributed by atoms with Crippen LogP contribution in [0.3, 0.4) is 0 Å². The summed E-state index contributed by atoms with van der Waals surface area (Å²) in [5, 5.41) is 0. The number of halogens is 1. The molecule has 0 spiro atoms. The van der Waals surface area contributed by atoms with Crippen molar-refractivity contribution in [3.8, 4) is 12.3 Å². The monoisotopic (exact) mass is 324 g/mol. The minimum absolute atomic E-state index is 0.0853. The van der Waals surface area contributed by atoms with E-state index in [0.29, 0.717) is 16.2 Å². The summed E-state index contributed by atoms with van der Waals surface area (Å²) in [6.45, 7) is 0. The summed E-state index contributed by atoms with van der Waals surface area (Å²) in [5.74, 6) is 1.92. The maximum Gasteiger partial charge on any atom is 0.258 e. The van der Waals surface area contributed by atoms with Gasteiger partial charge in [-0.2, -0.15) is 0 Å². The van der Waals surface area contributed by atoms with Crippen LogP contribution < -0.4 is 5.56 Å². The first-order valence-electron chi connectivity index (χ1n) is 7.44. The van der Waals surface area contributed by atoms with Crippen molar-refractivity contribution in [3.63, 3.8) is 0 Å². The zero-order chi connectivity index (χ0) is 16.0. The summed E-state index contributed by atoms with van der Waals surface area (Å²) < 4.78 is 16.0. The van der Waals surface area contributed by atoms with Crippen molar-refractivity contribution >= 4 is 16.3 Å². The normalized spacial score (nSPS) is 13.2. The highest BCUT2D eigenvalue weighted by molar-refractivity contribution is 7.17. The van der Waals surface area contributed by atoms with Gasteiger partial charge in [-0.25, -0.2) is 9.37 Å². The van der Waals surface area contributed by atoms with Gasteiger partial charge in [0.1, 0.15) is 5.82 Å². The van der Waals surface area contributed by atoms with E-state index in [-0.39, 0.29) is 17.5 Å². The Morgan fingerprint density at radius 1 is 1.39 bits per heavy atom. The summed E-state index contributed by atoms with van der Waals surface area (Å²) in [7, 11) is 0. The molecule has 0 amide bonds. The van der Waals surface area contributed by atoms with E-state index in [1.54, 1.807) is 33.9 Å². The van der Waals surface area contributed by atoms with Gasteiger partial charge in [-0.3, -0.25) is 9.20 Å². The molecule has 1 aliphatic rings. The molecule has 23 heavy (non-hydrogen) atoms. The topological polar surface area (TPSA) is 34.4 Å². The minimum Gasteiger partial charge on any atom is -0.269 e. The Hall–Kier alpha value is -2.45. The quantitative estimate of drug-likeness (QED) is 0.679. The first-order chi connectivity index (χ1) is 11.2. The Morgan fingerprint density at radius 2 is 2.26 bits per heavy atom. The second-order valence-corrected chi connectivity index (χ2v) is 6.69. The second-order valence-electron chi connectivity index (χ2n) is 5.63. The van der Waals surface area contributed by atoms with Gasteiger partial charge in [0.15, 0.2) is 4.96 Å². The van der Waals surface area contributed by atoms with E-state index >= 15 is 0 Å². The zero-order valence-corrected chi connectivity index (χ0v) is 13.1. The Kier molecular flexibility index (Phi) is 3.28. The van der Waals surface area contributed by atoms with Gasteiger partial charge in [0.05, 0.1) is 11.3 Å². The van der Waals surface area contributed by atoms with Crippen LogP contribution in [0.1, 0.15) is 33.8 Å². The van der Waals surface area contributed by atoms with Crippen molar-refractivity contribution in [2.24, 2.45) is 0 Å². The highest BCUT2D eigenvalue weighted by atomic mass is 32.1. The van der Waals surface area contributed by atoms with Gasteiger partial charge in [-0.15, -0.1) is 17.8 Å². The van der Waals surface area contributed by atoms with Crippen LogP contribution in [0.15, 0.2) is 29.1 Å². The SMILES string of the molecule is C#Cc1cccc(Cc2cc(=O)n3c4c(sc3n2)CCC4)c1F. The molecule has 114 valence electrons. The van der Waals surface area contributed by atoms with E-state index in [9.17, 15) is 9.18 Å². The minimum atomic E-state index is -0.411. The predicted octanol–water partition coefficient (Wildman–Crippen LogP) is 2.96. The van der Waals surface area contributed by atoms with Crippen molar-refractivity contribution < 1.29 is 4.39 Å². The van der Waals surface area contributed by atoms with Gasteiger partial charge in [0.2, 0.25) is 0 Å². The Morgan fingerprint density at radius 3 is 3.09 bits per heavy atom. The Bertz CT molecular complexity index is 1030. The molecule has 0 unspecified atom stereocenters. The molecule has 2 heterocycles. The summed E-state index contributed by atoms with van der Waals surface area (Å²) in [6.07, 6.45) is 8.58. The molecule has 0 atom stereocenters. The highest BCUT2D eigenvalue weighted by Gasteiger charge is 2.20. The van der Waals surface area contributed by atoms with Crippen molar-refractivity contribution in [2.45, 2.75) is 25.7 Å².